The average Bonchev–Trinajstić information content (AvgIpc) is 2.64. The van der Waals surface area contributed by atoms with Gasteiger partial charge in [0.25, 0.3) is 5.91 Å². The van der Waals surface area contributed by atoms with Gasteiger partial charge in [0, 0.05) is 21.5 Å². The molecule has 0 heterocycles. The monoisotopic (exact) mass is 413 g/mol. The Hall–Kier alpha value is -1.89. The van der Waals surface area contributed by atoms with E-state index in [0.29, 0.717) is 21.4 Å². The Balaban J connectivity index is 1.89. The third kappa shape index (κ3) is 5.56. The van der Waals surface area contributed by atoms with Gasteiger partial charge < -0.3 is 14.8 Å². The van der Waals surface area contributed by atoms with Gasteiger partial charge in [-0.05, 0) is 42.2 Å². The number of hydrogen-bond donors (Lipinski definition) is 1. The summed E-state index contributed by atoms with van der Waals surface area (Å²) in [5.74, 6) is -0.673. The molecule has 0 aliphatic carbocycles. The fourth-order valence-electron chi connectivity index (χ4n) is 2.09. The Morgan fingerprint density at radius 2 is 1.92 bits per heavy atom. The molecular weight excluding hydrogens is 397 g/mol. The third-order valence-corrected chi connectivity index (χ3v) is 4.77. The average molecular weight is 414 g/mol. The van der Waals surface area contributed by atoms with E-state index in [1.165, 1.54) is 18.9 Å². The number of ether oxygens (including phenoxy) is 2. The fraction of sp³-hybridized carbons (Fsp3) is 0.222. The predicted molar refractivity (Wildman–Crippen MR) is 103 cm³/mol. The minimum atomic E-state index is -0.630. The van der Waals surface area contributed by atoms with Gasteiger partial charge in [-0.15, -0.1) is 11.8 Å². The molecular formula is C18H17Cl2NO4S. The molecule has 0 saturated heterocycles. The second-order valence-corrected chi connectivity index (χ2v) is 6.88. The van der Waals surface area contributed by atoms with E-state index >= 15 is 0 Å². The zero-order valence-corrected chi connectivity index (χ0v) is 16.5. The maximum atomic E-state index is 12.2. The van der Waals surface area contributed by atoms with E-state index in [0.717, 1.165) is 4.90 Å². The molecule has 0 aliphatic heterocycles. The van der Waals surface area contributed by atoms with Crippen LogP contribution in [-0.4, -0.2) is 31.8 Å². The number of rotatable bonds is 7. The summed E-state index contributed by atoms with van der Waals surface area (Å²) in [6.45, 7) is -0.199. The molecule has 0 bridgehead atoms. The minimum absolute atomic E-state index is 0.206. The van der Waals surface area contributed by atoms with E-state index in [9.17, 15) is 9.59 Å². The van der Waals surface area contributed by atoms with E-state index in [-0.39, 0.29) is 12.1 Å². The molecule has 0 atom stereocenters. The quantitative estimate of drug-likeness (QED) is 0.544. The standard InChI is InChI=1S/C18H17Cl2NO4S/c1-24-16-8-13(26-2)5-6-14(16)18(23)25-10-17(22)21-9-11-3-4-12(19)7-15(11)20/h3-8H,9-10H2,1-2H3,(H,21,22). The van der Waals surface area contributed by atoms with Gasteiger partial charge in [-0.1, -0.05) is 29.3 Å². The molecule has 0 saturated carbocycles. The molecule has 1 amide bonds. The summed E-state index contributed by atoms with van der Waals surface area (Å²) in [6.07, 6.45) is 1.92. The van der Waals surface area contributed by atoms with E-state index in [1.54, 1.807) is 36.4 Å². The number of thioether (sulfide) groups is 1. The third-order valence-electron chi connectivity index (χ3n) is 3.45. The number of carbonyl (C=O) groups is 2. The van der Waals surface area contributed by atoms with Crippen LogP contribution >= 0.6 is 35.0 Å². The largest absolute Gasteiger partial charge is 0.496 e. The maximum Gasteiger partial charge on any atom is 0.342 e. The minimum Gasteiger partial charge on any atom is -0.496 e. The molecule has 8 heteroatoms. The molecule has 2 rings (SSSR count). The Labute approximate surface area is 166 Å². The molecule has 0 radical (unpaired) electrons. The lowest BCUT2D eigenvalue weighted by Gasteiger charge is -2.11. The molecule has 0 unspecified atom stereocenters. The lowest BCUT2D eigenvalue weighted by Crippen LogP contribution is -2.28. The van der Waals surface area contributed by atoms with Crippen molar-refractivity contribution in [2.24, 2.45) is 0 Å². The molecule has 0 fully saturated rings. The SMILES string of the molecule is COc1cc(SC)ccc1C(=O)OCC(=O)NCc1ccc(Cl)cc1Cl. The smallest absolute Gasteiger partial charge is 0.342 e. The van der Waals surface area contributed by atoms with Gasteiger partial charge in [0.2, 0.25) is 0 Å². The topological polar surface area (TPSA) is 64.6 Å². The summed E-state index contributed by atoms with van der Waals surface area (Å²) in [7, 11) is 1.47. The van der Waals surface area contributed by atoms with Crippen LogP contribution in [0.4, 0.5) is 0 Å². The molecule has 26 heavy (non-hydrogen) atoms. The van der Waals surface area contributed by atoms with Crippen molar-refractivity contribution in [2.45, 2.75) is 11.4 Å². The van der Waals surface area contributed by atoms with Gasteiger partial charge in [-0.25, -0.2) is 4.79 Å². The molecule has 2 aromatic carbocycles. The Morgan fingerprint density at radius 1 is 1.15 bits per heavy atom. The Morgan fingerprint density at radius 3 is 2.58 bits per heavy atom. The fourth-order valence-corrected chi connectivity index (χ4v) is 2.99. The molecule has 1 N–H and O–H groups in total. The first-order chi connectivity index (χ1) is 12.4. The second-order valence-electron chi connectivity index (χ2n) is 5.15. The van der Waals surface area contributed by atoms with Gasteiger partial charge in [-0.2, -0.15) is 0 Å². The van der Waals surface area contributed by atoms with Crippen LogP contribution in [0.1, 0.15) is 15.9 Å². The van der Waals surface area contributed by atoms with Crippen LogP contribution in [-0.2, 0) is 16.1 Å². The zero-order chi connectivity index (χ0) is 19.1. The van der Waals surface area contributed by atoms with E-state index < -0.39 is 18.5 Å². The summed E-state index contributed by atoms with van der Waals surface area (Å²) in [5.41, 5.74) is 0.976. The van der Waals surface area contributed by atoms with Gasteiger partial charge in [0.1, 0.15) is 11.3 Å². The summed E-state index contributed by atoms with van der Waals surface area (Å²) in [4.78, 5) is 25.0. The van der Waals surface area contributed by atoms with Crippen molar-refractivity contribution in [3.63, 3.8) is 0 Å². The number of carbonyl (C=O) groups excluding carboxylic acids is 2. The van der Waals surface area contributed by atoms with Gasteiger partial charge >= 0.3 is 5.97 Å². The maximum absolute atomic E-state index is 12.2. The van der Waals surface area contributed by atoms with Crippen molar-refractivity contribution in [1.29, 1.82) is 0 Å². The second kappa shape index (κ2) is 9.71. The molecule has 5 nitrogen and oxygen atoms in total. The molecule has 0 aliphatic rings. The number of esters is 1. The summed E-state index contributed by atoms with van der Waals surface area (Å²) >= 11 is 13.4. The predicted octanol–water partition coefficient (Wildman–Crippen LogP) is 4.20. The lowest BCUT2D eigenvalue weighted by molar-refractivity contribution is -0.124. The van der Waals surface area contributed by atoms with E-state index in [4.69, 9.17) is 32.7 Å². The van der Waals surface area contributed by atoms with Gasteiger partial charge in [0.05, 0.1) is 7.11 Å². The summed E-state index contributed by atoms with van der Waals surface area (Å²) in [5, 5.41) is 3.60. The van der Waals surface area contributed by atoms with Crippen molar-refractivity contribution in [3.05, 3.63) is 57.6 Å². The van der Waals surface area contributed by atoms with Crippen LogP contribution in [0, 0.1) is 0 Å². The summed E-state index contributed by atoms with van der Waals surface area (Å²) in [6, 6.07) is 10.1. The van der Waals surface area contributed by atoms with Crippen LogP contribution in [0.3, 0.4) is 0 Å². The summed E-state index contributed by atoms with van der Waals surface area (Å²) < 4.78 is 10.3. The van der Waals surface area contributed by atoms with Crippen LogP contribution in [0.2, 0.25) is 10.0 Å². The Kier molecular flexibility index (Phi) is 7.63. The Bertz CT molecular complexity index is 814. The van der Waals surface area contributed by atoms with Crippen molar-refractivity contribution < 1.29 is 19.1 Å². The normalized spacial score (nSPS) is 10.3. The molecule has 2 aromatic rings. The van der Waals surface area contributed by atoms with Crippen LogP contribution in [0.25, 0.3) is 0 Å². The van der Waals surface area contributed by atoms with E-state index in [1.807, 2.05) is 6.26 Å². The number of benzene rings is 2. The van der Waals surface area contributed by atoms with Crippen LogP contribution in [0.5, 0.6) is 5.75 Å². The zero-order valence-electron chi connectivity index (χ0n) is 14.2. The molecule has 138 valence electrons. The number of amides is 1. The highest BCUT2D eigenvalue weighted by atomic mass is 35.5. The van der Waals surface area contributed by atoms with Crippen molar-refractivity contribution in [3.8, 4) is 5.75 Å². The van der Waals surface area contributed by atoms with Gasteiger partial charge in [-0.3, -0.25) is 4.79 Å². The van der Waals surface area contributed by atoms with Gasteiger partial charge in [0.15, 0.2) is 6.61 Å². The first kappa shape index (κ1) is 20.4. The van der Waals surface area contributed by atoms with Crippen LogP contribution in [0.15, 0.2) is 41.3 Å². The first-order valence-corrected chi connectivity index (χ1v) is 9.52. The van der Waals surface area contributed by atoms with E-state index in [2.05, 4.69) is 5.32 Å². The van der Waals surface area contributed by atoms with Crippen LogP contribution < -0.4 is 10.1 Å². The molecule has 0 aromatic heterocycles. The molecule has 0 spiro atoms. The highest BCUT2D eigenvalue weighted by molar-refractivity contribution is 7.98. The highest BCUT2D eigenvalue weighted by Gasteiger charge is 2.16. The highest BCUT2D eigenvalue weighted by Crippen LogP contribution is 2.26. The number of hydrogen-bond acceptors (Lipinski definition) is 5. The lowest BCUT2D eigenvalue weighted by atomic mass is 10.2. The number of halogens is 2. The van der Waals surface area contributed by atoms with Crippen molar-refractivity contribution in [2.75, 3.05) is 20.0 Å². The van der Waals surface area contributed by atoms with Crippen molar-refractivity contribution >= 4 is 46.8 Å². The van der Waals surface area contributed by atoms with Crippen molar-refractivity contribution in [1.82, 2.24) is 5.32 Å². The first-order valence-electron chi connectivity index (χ1n) is 7.54. The number of methoxy groups -OCH3 is 1. The number of nitrogens with one attached hydrogen (secondary N) is 1.